The van der Waals surface area contributed by atoms with Gasteiger partial charge in [0.15, 0.2) is 5.65 Å². The van der Waals surface area contributed by atoms with Crippen molar-refractivity contribution in [2.45, 2.75) is 24.4 Å². The molecule has 0 spiro atoms. The number of rotatable bonds is 2. The highest BCUT2D eigenvalue weighted by Gasteiger charge is 2.41. The molecule has 4 rings (SSSR count). The van der Waals surface area contributed by atoms with Gasteiger partial charge in [-0.1, -0.05) is 23.7 Å². The first kappa shape index (κ1) is 14.5. The first-order valence-corrected chi connectivity index (χ1v) is 7.48. The molecule has 1 unspecified atom stereocenters. The van der Waals surface area contributed by atoms with E-state index in [1.165, 1.54) is 0 Å². The molecule has 0 aliphatic heterocycles. The van der Waals surface area contributed by atoms with E-state index >= 15 is 0 Å². The van der Waals surface area contributed by atoms with Crippen molar-refractivity contribution in [3.05, 3.63) is 64.6 Å². The molecule has 2 atom stereocenters. The quantitative estimate of drug-likeness (QED) is 0.680. The molecular formula is C16H11ClF3N3. The molecule has 1 saturated carbocycles. The van der Waals surface area contributed by atoms with Crippen molar-refractivity contribution < 1.29 is 13.2 Å². The number of hydrogen-bond donors (Lipinski definition) is 0. The molecule has 0 radical (unpaired) electrons. The van der Waals surface area contributed by atoms with Crippen molar-refractivity contribution in [2.75, 3.05) is 0 Å². The average molecular weight is 338 g/mol. The van der Waals surface area contributed by atoms with Gasteiger partial charge in [0.25, 0.3) is 0 Å². The van der Waals surface area contributed by atoms with E-state index in [4.69, 9.17) is 11.6 Å². The van der Waals surface area contributed by atoms with Crippen molar-refractivity contribution in [3.8, 4) is 0 Å². The Morgan fingerprint density at radius 1 is 1.13 bits per heavy atom. The summed E-state index contributed by atoms with van der Waals surface area (Å²) in [4.78, 5) is 4.29. The van der Waals surface area contributed by atoms with E-state index in [1.807, 2.05) is 0 Å². The van der Waals surface area contributed by atoms with Crippen molar-refractivity contribution in [3.63, 3.8) is 0 Å². The Balaban J connectivity index is 1.63. The van der Waals surface area contributed by atoms with Crippen molar-refractivity contribution in [1.82, 2.24) is 14.6 Å². The number of halogens is 4. The molecule has 1 fully saturated rings. The maximum atomic E-state index is 12.6. The lowest BCUT2D eigenvalue weighted by Crippen LogP contribution is -2.04. The summed E-state index contributed by atoms with van der Waals surface area (Å²) in [6.45, 7) is 0. The first-order chi connectivity index (χ1) is 10.9. The summed E-state index contributed by atoms with van der Waals surface area (Å²) < 4.78 is 39.5. The predicted octanol–water partition coefficient (Wildman–Crippen LogP) is 4.67. The Labute approximate surface area is 134 Å². The molecule has 3 nitrogen and oxygen atoms in total. The third-order valence-electron chi connectivity index (χ3n) is 4.21. The van der Waals surface area contributed by atoms with Gasteiger partial charge < -0.3 is 0 Å². The first-order valence-electron chi connectivity index (χ1n) is 7.10. The highest BCUT2D eigenvalue weighted by atomic mass is 35.5. The zero-order chi connectivity index (χ0) is 16.2. The topological polar surface area (TPSA) is 30.2 Å². The zero-order valence-electron chi connectivity index (χ0n) is 11.8. The van der Waals surface area contributed by atoms with Crippen LogP contribution in [0.25, 0.3) is 5.65 Å². The number of nitrogens with zero attached hydrogens (tertiary/aromatic N) is 3. The summed E-state index contributed by atoms with van der Waals surface area (Å²) in [6.07, 6.45) is -0.0613. The average Bonchev–Trinajstić information content (AvgIpc) is 3.16. The van der Waals surface area contributed by atoms with Crippen LogP contribution in [-0.2, 0) is 6.18 Å². The molecule has 7 heteroatoms. The maximum Gasteiger partial charge on any atom is 0.416 e. The van der Waals surface area contributed by atoms with E-state index in [9.17, 15) is 13.2 Å². The number of aromatic nitrogens is 3. The minimum absolute atomic E-state index is 0.191. The van der Waals surface area contributed by atoms with E-state index in [0.717, 1.165) is 35.3 Å². The van der Waals surface area contributed by atoms with E-state index in [0.29, 0.717) is 5.15 Å². The zero-order valence-corrected chi connectivity index (χ0v) is 12.5. The van der Waals surface area contributed by atoms with Gasteiger partial charge >= 0.3 is 6.18 Å². The molecule has 1 aliphatic carbocycles. The van der Waals surface area contributed by atoms with Crippen LogP contribution in [0.15, 0.2) is 42.7 Å². The van der Waals surface area contributed by atoms with Crippen LogP contribution in [0.3, 0.4) is 0 Å². The number of hydrogen-bond acceptors (Lipinski definition) is 2. The molecule has 0 N–H and O–H groups in total. The Kier molecular flexibility index (Phi) is 3.13. The normalized spacial score (nSPS) is 20.9. The number of imidazole rings is 1. The molecule has 1 aliphatic rings. The molecular weight excluding hydrogens is 327 g/mol. The lowest BCUT2D eigenvalue weighted by atomic mass is 10.0. The lowest BCUT2D eigenvalue weighted by Gasteiger charge is -2.08. The molecule has 0 saturated heterocycles. The minimum Gasteiger partial charge on any atom is -0.235 e. The van der Waals surface area contributed by atoms with E-state index in [1.54, 1.807) is 35.1 Å². The second-order valence-corrected chi connectivity index (χ2v) is 6.07. The third kappa shape index (κ3) is 2.57. The highest BCUT2D eigenvalue weighted by Crippen LogP contribution is 2.55. The van der Waals surface area contributed by atoms with Crippen LogP contribution in [0.1, 0.15) is 34.9 Å². The van der Waals surface area contributed by atoms with Gasteiger partial charge in [0, 0.05) is 18.0 Å². The van der Waals surface area contributed by atoms with Crippen LogP contribution in [-0.4, -0.2) is 14.6 Å². The monoisotopic (exact) mass is 337 g/mol. The fraction of sp³-hybridized carbons (Fsp3) is 0.250. The second kappa shape index (κ2) is 4.96. The van der Waals surface area contributed by atoms with Crippen molar-refractivity contribution >= 4 is 17.2 Å². The predicted molar refractivity (Wildman–Crippen MR) is 79.5 cm³/mol. The summed E-state index contributed by atoms with van der Waals surface area (Å²) in [5, 5.41) is 4.52. The number of fused-ring (bicyclic) bond motifs is 1. The van der Waals surface area contributed by atoms with Gasteiger partial charge in [-0.15, -0.1) is 0 Å². The van der Waals surface area contributed by atoms with E-state index < -0.39 is 11.7 Å². The van der Waals surface area contributed by atoms with Gasteiger partial charge in [0.1, 0.15) is 5.15 Å². The third-order valence-corrected chi connectivity index (χ3v) is 4.40. The van der Waals surface area contributed by atoms with Gasteiger partial charge in [-0.2, -0.15) is 18.3 Å². The summed E-state index contributed by atoms with van der Waals surface area (Å²) >= 11 is 6.03. The Morgan fingerprint density at radius 3 is 2.57 bits per heavy atom. The van der Waals surface area contributed by atoms with Crippen LogP contribution in [0.2, 0.25) is 5.15 Å². The van der Waals surface area contributed by atoms with Crippen molar-refractivity contribution in [1.29, 1.82) is 0 Å². The van der Waals surface area contributed by atoms with Gasteiger partial charge in [0.2, 0.25) is 0 Å². The molecule has 1 aromatic carbocycles. The molecule has 23 heavy (non-hydrogen) atoms. The molecule has 118 valence electrons. The van der Waals surface area contributed by atoms with E-state index in [-0.39, 0.29) is 11.8 Å². The van der Waals surface area contributed by atoms with E-state index in [2.05, 4.69) is 10.1 Å². The van der Waals surface area contributed by atoms with Crippen LogP contribution in [0.5, 0.6) is 0 Å². The smallest absolute Gasteiger partial charge is 0.235 e. The lowest BCUT2D eigenvalue weighted by molar-refractivity contribution is -0.137. The van der Waals surface area contributed by atoms with Gasteiger partial charge in [-0.3, -0.25) is 0 Å². The van der Waals surface area contributed by atoms with Crippen LogP contribution < -0.4 is 0 Å². The van der Waals surface area contributed by atoms with Crippen LogP contribution >= 0.6 is 11.6 Å². The minimum atomic E-state index is -4.30. The SMILES string of the molecule is FC(F)(F)c1ccc([C@H]2CC2c2cc(Cl)nn3ccnc23)cc1. The van der Waals surface area contributed by atoms with Gasteiger partial charge in [-0.25, -0.2) is 9.50 Å². The summed E-state index contributed by atoms with van der Waals surface area (Å²) in [5.41, 5.74) is 2.01. The Morgan fingerprint density at radius 2 is 1.87 bits per heavy atom. The van der Waals surface area contributed by atoms with Crippen molar-refractivity contribution in [2.24, 2.45) is 0 Å². The maximum absolute atomic E-state index is 12.6. The fourth-order valence-electron chi connectivity index (χ4n) is 3.01. The summed E-state index contributed by atoms with van der Waals surface area (Å²) in [7, 11) is 0. The summed E-state index contributed by atoms with van der Waals surface area (Å²) in [5.74, 6) is 0.397. The largest absolute Gasteiger partial charge is 0.416 e. The highest BCUT2D eigenvalue weighted by molar-refractivity contribution is 6.29. The molecule has 3 aromatic rings. The van der Waals surface area contributed by atoms with Gasteiger partial charge in [0.05, 0.1) is 5.56 Å². The Hall–Kier alpha value is -2.08. The van der Waals surface area contributed by atoms with Crippen LogP contribution in [0.4, 0.5) is 13.2 Å². The number of benzene rings is 1. The fourth-order valence-corrected chi connectivity index (χ4v) is 3.21. The second-order valence-electron chi connectivity index (χ2n) is 5.69. The number of alkyl halides is 3. The Bertz CT molecular complexity index is 870. The molecule has 2 heterocycles. The van der Waals surface area contributed by atoms with Crippen LogP contribution in [0, 0.1) is 0 Å². The molecule has 0 amide bonds. The van der Waals surface area contributed by atoms with Gasteiger partial charge in [-0.05, 0) is 42.0 Å². The molecule has 0 bridgehead atoms. The summed E-state index contributed by atoms with van der Waals surface area (Å²) in [6, 6.07) is 7.17. The molecule has 2 aromatic heterocycles. The standard InChI is InChI=1S/C16H11ClF3N3/c17-14-8-13(15-21-5-6-23(15)22-14)12-7-11(12)9-1-3-10(4-2-9)16(18,19)20/h1-6,8,11-12H,7H2/t11-,12?/m1/s1.